The zero-order valence-corrected chi connectivity index (χ0v) is 14.5. The lowest BCUT2D eigenvalue weighted by atomic mass is 10.3. The number of nitrogens with zero attached hydrogens (tertiary/aromatic N) is 1. The second-order valence-corrected chi connectivity index (χ2v) is 8.19. The van der Waals surface area contributed by atoms with Gasteiger partial charge in [0.2, 0.25) is 0 Å². The molecule has 0 fully saturated rings. The molecular weight excluding hydrogens is 292 g/mol. The first-order valence-corrected chi connectivity index (χ1v) is 9.55. The molecule has 0 aliphatic carbocycles. The molecule has 1 aromatic rings. The molecule has 0 aromatic carbocycles. The molecule has 0 saturated carbocycles. The standard InChI is InChI=1S/C14H26N2O2S2/c1-5-7-15-10-13-9-14(19-11-13)20(17,18)16(8-6-2)12(3)4/h9,11-12,15H,5-8,10H2,1-4H3. The van der Waals surface area contributed by atoms with E-state index in [1.165, 1.54) is 11.3 Å². The van der Waals surface area contributed by atoms with Crippen LogP contribution in [0.25, 0.3) is 0 Å². The molecule has 0 aliphatic heterocycles. The summed E-state index contributed by atoms with van der Waals surface area (Å²) in [5.74, 6) is 0. The Kier molecular flexibility index (Phi) is 7.15. The molecule has 0 unspecified atom stereocenters. The van der Waals surface area contributed by atoms with Gasteiger partial charge in [0.1, 0.15) is 4.21 Å². The lowest BCUT2D eigenvalue weighted by Gasteiger charge is -2.24. The fourth-order valence-electron chi connectivity index (χ4n) is 1.98. The van der Waals surface area contributed by atoms with Crippen molar-refractivity contribution in [1.29, 1.82) is 0 Å². The van der Waals surface area contributed by atoms with Crippen molar-refractivity contribution < 1.29 is 8.42 Å². The first kappa shape index (κ1) is 17.6. The third kappa shape index (κ3) is 4.55. The van der Waals surface area contributed by atoms with Crippen LogP contribution in [-0.4, -0.2) is 31.9 Å². The van der Waals surface area contributed by atoms with Gasteiger partial charge >= 0.3 is 0 Å². The van der Waals surface area contributed by atoms with E-state index in [0.717, 1.165) is 31.5 Å². The summed E-state index contributed by atoms with van der Waals surface area (Å²) in [4.78, 5) is 0. The summed E-state index contributed by atoms with van der Waals surface area (Å²) in [6, 6.07) is 1.79. The Bertz CT molecular complexity index is 495. The largest absolute Gasteiger partial charge is 0.313 e. The molecule has 1 aromatic heterocycles. The van der Waals surface area contributed by atoms with Crippen LogP contribution >= 0.6 is 11.3 Å². The molecule has 0 spiro atoms. The minimum atomic E-state index is -3.35. The van der Waals surface area contributed by atoms with Crippen LogP contribution in [0.3, 0.4) is 0 Å². The first-order chi connectivity index (χ1) is 9.43. The van der Waals surface area contributed by atoms with E-state index in [4.69, 9.17) is 0 Å². The van der Waals surface area contributed by atoms with Crippen LogP contribution < -0.4 is 5.32 Å². The normalized spacial score (nSPS) is 12.5. The Morgan fingerprint density at radius 3 is 2.55 bits per heavy atom. The molecule has 0 saturated heterocycles. The maximum absolute atomic E-state index is 12.6. The minimum absolute atomic E-state index is 0.0104. The summed E-state index contributed by atoms with van der Waals surface area (Å²) in [5.41, 5.74) is 1.04. The molecule has 1 rings (SSSR count). The van der Waals surface area contributed by atoms with Gasteiger partial charge < -0.3 is 5.32 Å². The SMILES string of the molecule is CCCNCc1csc(S(=O)(=O)N(CCC)C(C)C)c1. The van der Waals surface area contributed by atoms with E-state index >= 15 is 0 Å². The van der Waals surface area contributed by atoms with Gasteiger partial charge in [-0.1, -0.05) is 13.8 Å². The van der Waals surface area contributed by atoms with Gasteiger partial charge in [0.25, 0.3) is 10.0 Å². The third-order valence-corrected chi connectivity index (χ3v) is 6.51. The Hall–Kier alpha value is -0.430. The van der Waals surface area contributed by atoms with Crippen molar-refractivity contribution in [2.75, 3.05) is 13.1 Å². The van der Waals surface area contributed by atoms with Crippen LogP contribution in [-0.2, 0) is 16.6 Å². The molecule has 0 atom stereocenters. The van der Waals surface area contributed by atoms with E-state index in [1.807, 2.05) is 26.2 Å². The van der Waals surface area contributed by atoms with Gasteiger partial charge in [-0.3, -0.25) is 0 Å². The lowest BCUT2D eigenvalue weighted by Crippen LogP contribution is -2.37. The fourth-order valence-corrected chi connectivity index (χ4v) is 5.05. The monoisotopic (exact) mass is 318 g/mol. The van der Waals surface area contributed by atoms with E-state index in [2.05, 4.69) is 12.2 Å². The number of hydrogen-bond donors (Lipinski definition) is 1. The molecular formula is C14H26N2O2S2. The topological polar surface area (TPSA) is 49.4 Å². The van der Waals surface area contributed by atoms with Crippen molar-refractivity contribution in [3.63, 3.8) is 0 Å². The fraction of sp³-hybridized carbons (Fsp3) is 0.714. The summed E-state index contributed by atoms with van der Waals surface area (Å²) < 4.78 is 27.3. The summed E-state index contributed by atoms with van der Waals surface area (Å²) >= 11 is 1.32. The number of sulfonamides is 1. The van der Waals surface area contributed by atoms with Crippen LogP contribution in [0.15, 0.2) is 15.7 Å². The van der Waals surface area contributed by atoms with Crippen molar-refractivity contribution >= 4 is 21.4 Å². The zero-order chi connectivity index (χ0) is 15.2. The molecule has 116 valence electrons. The van der Waals surface area contributed by atoms with Crippen LogP contribution in [0.5, 0.6) is 0 Å². The van der Waals surface area contributed by atoms with Crippen molar-refractivity contribution in [3.05, 3.63) is 17.0 Å². The molecule has 0 amide bonds. The van der Waals surface area contributed by atoms with E-state index in [0.29, 0.717) is 10.8 Å². The van der Waals surface area contributed by atoms with Crippen molar-refractivity contribution in [2.45, 2.75) is 57.3 Å². The van der Waals surface area contributed by atoms with Gasteiger partial charge in [-0.25, -0.2) is 8.42 Å². The quantitative estimate of drug-likeness (QED) is 0.712. The highest BCUT2D eigenvalue weighted by molar-refractivity contribution is 7.91. The van der Waals surface area contributed by atoms with Crippen LogP contribution in [0, 0.1) is 0 Å². The highest BCUT2D eigenvalue weighted by atomic mass is 32.2. The molecule has 1 heterocycles. The molecule has 1 N–H and O–H groups in total. The Labute approximate surface area is 127 Å². The summed E-state index contributed by atoms with van der Waals surface area (Å²) in [7, 11) is -3.35. The Morgan fingerprint density at radius 1 is 1.30 bits per heavy atom. The second-order valence-electron chi connectivity index (χ2n) is 5.16. The third-order valence-electron chi connectivity index (χ3n) is 2.97. The maximum Gasteiger partial charge on any atom is 0.252 e. The van der Waals surface area contributed by atoms with Gasteiger partial charge in [-0.05, 0) is 50.2 Å². The Balaban J connectivity index is 2.86. The average Bonchev–Trinajstić information content (AvgIpc) is 2.85. The molecule has 0 aliphatic rings. The van der Waals surface area contributed by atoms with Crippen LogP contribution in [0.2, 0.25) is 0 Å². The molecule has 0 bridgehead atoms. The average molecular weight is 319 g/mol. The predicted octanol–water partition coefficient (Wildman–Crippen LogP) is 3.06. The molecule has 6 heteroatoms. The summed E-state index contributed by atoms with van der Waals surface area (Å²) in [5, 5.41) is 5.22. The second kappa shape index (κ2) is 8.12. The molecule has 0 radical (unpaired) electrons. The summed E-state index contributed by atoms with van der Waals surface area (Å²) in [6.07, 6.45) is 1.90. The number of nitrogens with one attached hydrogen (secondary N) is 1. The Morgan fingerprint density at radius 2 is 2.00 bits per heavy atom. The highest BCUT2D eigenvalue weighted by Gasteiger charge is 2.27. The number of hydrogen-bond acceptors (Lipinski definition) is 4. The van der Waals surface area contributed by atoms with Gasteiger partial charge in [0.05, 0.1) is 0 Å². The lowest BCUT2D eigenvalue weighted by molar-refractivity contribution is 0.355. The van der Waals surface area contributed by atoms with Gasteiger partial charge in [-0.15, -0.1) is 11.3 Å². The van der Waals surface area contributed by atoms with Crippen molar-refractivity contribution in [1.82, 2.24) is 9.62 Å². The van der Waals surface area contributed by atoms with Crippen molar-refractivity contribution in [2.24, 2.45) is 0 Å². The van der Waals surface area contributed by atoms with Gasteiger partial charge in [0.15, 0.2) is 0 Å². The smallest absolute Gasteiger partial charge is 0.252 e. The number of rotatable bonds is 9. The van der Waals surface area contributed by atoms with Gasteiger partial charge in [-0.2, -0.15) is 4.31 Å². The number of thiophene rings is 1. The van der Waals surface area contributed by atoms with Gasteiger partial charge in [0, 0.05) is 19.1 Å². The first-order valence-electron chi connectivity index (χ1n) is 7.23. The van der Waals surface area contributed by atoms with E-state index in [-0.39, 0.29) is 6.04 Å². The van der Waals surface area contributed by atoms with Crippen LogP contribution in [0.1, 0.15) is 46.1 Å². The van der Waals surface area contributed by atoms with Crippen LogP contribution in [0.4, 0.5) is 0 Å². The molecule has 4 nitrogen and oxygen atoms in total. The zero-order valence-electron chi connectivity index (χ0n) is 12.8. The van der Waals surface area contributed by atoms with Crippen molar-refractivity contribution in [3.8, 4) is 0 Å². The van der Waals surface area contributed by atoms with E-state index in [1.54, 1.807) is 10.4 Å². The summed E-state index contributed by atoms with van der Waals surface area (Å²) in [6.45, 7) is 10.2. The highest BCUT2D eigenvalue weighted by Crippen LogP contribution is 2.25. The maximum atomic E-state index is 12.6. The van der Waals surface area contributed by atoms with E-state index < -0.39 is 10.0 Å². The van der Waals surface area contributed by atoms with E-state index in [9.17, 15) is 8.42 Å². The molecule has 20 heavy (non-hydrogen) atoms. The minimum Gasteiger partial charge on any atom is -0.313 e. The predicted molar refractivity (Wildman–Crippen MR) is 85.6 cm³/mol.